The van der Waals surface area contributed by atoms with Crippen LogP contribution in [0.2, 0.25) is 0 Å². The van der Waals surface area contributed by atoms with E-state index in [0.717, 1.165) is 22.7 Å². The van der Waals surface area contributed by atoms with E-state index in [1.165, 1.54) is 0 Å². The molecule has 0 spiro atoms. The molecule has 2 fully saturated rings. The van der Waals surface area contributed by atoms with Gasteiger partial charge in [0.05, 0.1) is 24.7 Å². The van der Waals surface area contributed by atoms with Gasteiger partial charge in [-0.15, -0.1) is 0 Å². The number of ether oxygens (including phenoxy) is 1. The lowest BCUT2D eigenvalue weighted by molar-refractivity contribution is -0.140. The molecule has 1 saturated carbocycles. The maximum Gasteiger partial charge on any atom is 0.254 e. The van der Waals surface area contributed by atoms with Crippen molar-refractivity contribution in [1.82, 2.24) is 5.01 Å². The number of amides is 2. The van der Waals surface area contributed by atoms with Crippen molar-refractivity contribution in [2.75, 3.05) is 6.61 Å². The molecule has 118 valence electrons. The van der Waals surface area contributed by atoms with Gasteiger partial charge in [0, 0.05) is 0 Å². The predicted octanol–water partition coefficient (Wildman–Crippen LogP) is 2.23. The minimum atomic E-state index is -0.204. The quantitative estimate of drug-likeness (QED) is 0.487. The highest BCUT2D eigenvalue weighted by Crippen LogP contribution is 2.52. The molecule has 1 aromatic carbocycles. The molecule has 1 heterocycles. The molecule has 0 radical (unpaired) electrons. The largest absolute Gasteiger partial charge is 0.494 e. The lowest BCUT2D eigenvalue weighted by Gasteiger charge is -2.13. The van der Waals surface area contributed by atoms with Crippen molar-refractivity contribution in [3.63, 3.8) is 0 Å². The van der Waals surface area contributed by atoms with Crippen LogP contribution in [0.4, 0.5) is 0 Å². The van der Waals surface area contributed by atoms with Crippen molar-refractivity contribution >= 4 is 18.0 Å². The maximum atomic E-state index is 12.5. The van der Waals surface area contributed by atoms with E-state index in [2.05, 4.69) is 17.3 Å². The fourth-order valence-electron chi connectivity index (χ4n) is 3.98. The van der Waals surface area contributed by atoms with E-state index in [1.54, 1.807) is 6.21 Å². The minimum absolute atomic E-state index is 0.158. The van der Waals surface area contributed by atoms with Crippen LogP contribution in [0, 0.1) is 23.7 Å². The molecular formula is C18H18N2O3. The van der Waals surface area contributed by atoms with Gasteiger partial charge in [-0.05, 0) is 42.9 Å². The van der Waals surface area contributed by atoms with Crippen molar-refractivity contribution in [1.29, 1.82) is 0 Å². The number of fused-ring (bicyclic) bond motifs is 5. The molecule has 2 aliphatic carbocycles. The smallest absolute Gasteiger partial charge is 0.254 e. The van der Waals surface area contributed by atoms with Crippen LogP contribution in [-0.4, -0.2) is 29.6 Å². The zero-order valence-electron chi connectivity index (χ0n) is 12.9. The van der Waals surface area contributed by atoms with Crippen molar-refractivity contribution in [3.8, 4) is 5.75 Å². The molecule has 4 atom stereocenters. The average molecular weight is 310 g/mol. The Labute approximate surface area is 134 Å². The number of allylic oxidation sites excluding steroid dienone is 2. The molecule has 1 aromatic rings. The first kappa shape index (κ1) is 14.2. The number of imide groups is 1. The van der Waals surface area contributed by atoms with Crippen LogP contribution >= 0.6 is 0 Å². The number of hydrogen-bond donors (Lipinski definition) is 0. The summed E-state index contributed by atoms with van der Waals surface area (Å²) in [5.74, 6) is 0.442. The van der Waals surface area contributed by atoms with Crippen LogP contribution in [0.3, 0.4) is 0 Å². The highest BCUT2D eigenvalue weighted by atomic mass is 16.5. The Balaban J connectivity index is 1.54. The summed E-state index contributed by atoms with van der Waals surface area (Å²) < 4.78 is 5.44. The fraction of sp³-hybridized carbons (Fsp3) is 0.389. The Kier molecular flexibility index (Phi) is 3.29. The van der Waals surface area contributed by atoms with Gasteiger partial charge in [0.25, 0.3) is 11.8 Å². The first-order valence-corrected chi connectivity index (χ1v) is 8.02. The standard InChI is InChI=1S/C18H18N2O3/c1-2-23-14-5-3-4-11(8-14)10-19-20-17(21)15-12-6-7-13(9-12)16(15)18(20)22/h3-8,10,12-13,15-16H,2,9H2,1H3. The van der Waals surface area contributed by atoms with Crippen molar-refractivity contribution < 1.29 is 14.3 Å². The van der Waals surface area contributed by atoms with Crippen LogP contribution in [-0.2, 0) is 9.59 Å². The monoisotopic (exact) mass is 310 g/mol. The molecular weight excluding hydrogens is 292 g/mol. The van der Waals surface area contributed by atoms with Crippen LogP contribution in [0.15, 0.2) is 41.5 Å². The van der Waals surface area contributed by atoms with Crippen molar-refractivity contribution in [3.05, 3.63) is 42.0 Å². The van der Waals surface area contributed by atoms with Crippen LogP contribution in [0.5, 0.6) is 5.75 Å². The van der Waals surface area contributed by atoms with Gasteiger partial charge in [-0.2, -0.15) is 10.1 Å². The number of nitrogens with zero attached hydrogens (tertiary/aromatic N) is 2. The molecule has 4 rings (SSSR count). The van der Waals surface area contributed by atoms with E-state index in [9.17, 15) is 9.59 Å². The Morgan fingerprint density at radius 1 is 1.22 bits per heavy atom. The lowest BCUT2D eigenvalue weighted by atomic mass is 9.85. The molecule has 3 aliphatic rings. The summed E-state index contributed by atoms with van der Waals surface area (Å²) in [5.41, 5.74) is 0.801. The Morgan fingerprint density at radius 3 is 2.57 bits per heavy atom. The molecule has 1 aliphatic heterocycles. The fourth-order valence-corrected chi connectivity index (χ4v) is 3.98. The summed E-state index contributed by atoms with van der Waals surface area (Å²) in [6.45, 7) is 2.51. The maximum absolute atomic E-state index is 12.5. The van der Waals surface area contributed by atoms with Gasteiger partial charge in [-0.25, -0.2) is 0 Å². The van der Waals surface area contributed by atoms with Gasteiger partial charge in [-0.3, -0.25) is 9.59 Å². The molecule has 1 saturated heterocycles. The average Bonchev–Trinajstić information content (AvgIpc) is 3.21. The molecule has 0 N–H and O–H groups in total. The number of benzene rings is 1. The summed E-state index contributed by atoms with van der Waals surface area (Å²) in [6, 6.07) is 7.42. The van der Waals surface area contributed by atoms with E-state index in [1.807, 2.05) is 31.2 Å². The number of hydrogen-bond acceptors (Lipinski definition) is 4. The number of rotatable bonds is 4. The second kappa shape index (κ2) is 5.33. The number of hydrazone groups is 1. The zero-order chi connectivity index (χ0) is 16.0. The normalized spacial score (nSPS) is 31.4. The topological polar surface area (TPSA) is 59.0 Å². The van der Waals surface area contributed by atoms with Crippen molar-refractivity contribution in [2.24, 2.45) is 28.8 Å². The second-order valence-corrected chi connectivity index (χ2v) is 6.24. The summed E-state index contributed by atoms with van der Waals surface area (Å²) >= 11 is 0. The Bertz CT molecular complexity index is 695. The molecule has 2 bridgehead atoms. The summed E-state index contributed by atoms with van der Waals surface area (Å²) in [4.78, 5) is 25.0. The van der Waals surface area contributed by atoms with Gasteiger partial charge < -0.3 is 4.74 Å². The highest BCUT2D eigenvalue weighted by Gasteiger charge is 2.59. The van der Waals surface area contributed by atoms with E-state index < -0.39 is 0 Å². The van der Waals surface area contributed by atoms with Gasteiger partial charge in [-0.1, -0.05) is 24.3 Å². The summed E-state index contributed by atoms with van der Waals surface area (Å²) in [7, 11) is 0. The van der Waals surface area contributed by atoms with Gasteiger partial charge in [0.2, 0.25) is 0 Å². The van der Waals surface area contributed by atoms with E-state index in [0.29, 0.717) is 6.61 Å². The summed E-state index contributed by atoms with van der Waals surface area (Å²) in [5, 5.41) is 5.23. The Hall–Kier alpha value is -2.43. The first-order chi connectivity index (χ1) is 11.2. The third-order valence-electron chi connectivity index (χ3n) is 4.94. The molecule has 0 aromatic heterocycles. The van der Waals surface area contributed by atoms with E-state index in [-0.39, 0.29) is 35.5 Å². The molecule has 4 unspecified atom stereocenters. The predicted molar refractivity (Wildman–Crippen MR) is 84.8 cm³/mol. The SMILES string of the molecule is CCOc1cccc(C=NN2C(=O)C3C4C=CC(C4)C3C2=O)c1. The van der Waals surface area contributed by atoms with E-state index >= 15 is 0 Å². The second-order valence-electron chi connectivity index (χ2n) is 6.24. The first-order valence-electron chi connectivity index (χ1n) is 8.02. The van der Waals surface area contributed by atoms with Gasteiger partial charge >= 0.3 is 0 Å². The number of carbonyl (C=O) groups is 2. The van der Waals surface area contributed by atoms with Crippen LogP contribution in [0.1, 0.15) is 18.9 Å². The van der Waals surface area contributed by atoms with Crippen LogP contribution < -0.4 is 4.74 Å². The lowest BCUT2D eigenvalue weighted by Crippen LogP contribution is -2.28. The third kappa shape index (κ3) is 2.19. The van der Waals surface area contributed by atoms with Gasteiger partial charge in [0.1, 0.15) is 5.75 Å². The molecule has 5 nitrogen and oxygen atoms in total. The van der Waals surface area contributed by atoms with Gasteiger partial charge in [0.15, 0.2) is 0 Å². The molecule has 5 heteroatoms. The molecule has 23 heavy (non-hydrogen) atoms. The highest BCUT2D eigenvalue weighted by molar-refractivity contribution is 6.06. The minimum Gasteiger partial charge on any atom is -0.494 e. The number of carbonyl (C=O) groups excluding carboxylic acids is 2. The molecule has 2 amide bonds. The van der Waals surface area contributed by atoms with E-state index in [4.69, 9.17) is 4.74 Å². The third-order valence-corrected chi connectivity index (χ3v) is 4.94. The summed E-state index contributed by atoms with van der Waals surface area (Å²) in [6.07, 6.45) is 6.64. The Morgan fingerprint density at radius 2 is 1.91 bits per heavy atom. The van der Waals surface area contributed by atoms with Crippen molar-refractivity contribution in [2.45, 2.75) is 13.3 Å². The zero-order valence-corrected chi connectivity index (χ0v) is 12.9. The van der Waals surface area contributed by atoms with Crippen LogP contribution in [0.25, 0.3) is 0 Å².